The second-order valence-electron chi connectivity index (χ2n) is 4.56. The minimum absolute atomic E-state index is 0.142. The summed E-state index contributed by atoms with van der Waals surface area (Å²) in [6.07, 6.45) is 0.424. The quantitative estimate of drug-likeness (QED) is 0.348. The van der Waals surface area contributed by atoms with Gasteiger partial charge in [0.2, 0.25) is 0 Å². The molecule has 0 heterocycles. The smallest absolute Gasteiger partial charge is 0.121 e. The van der Waals surface area contributed by atoms with Gasteiger partial charge in [-0.25, -0.2) is 0 Å². The Morgan fingerprint density at radius 2 is 2.00 bits per heavy atom. The van der Waals surface area contributed by atoms with Crippen molar-refractivity contribution >= 4 is 23.3 Å². The Morgan fingerprint density at radius 3 is 2.55 bits per heavy atom. The second-order valence-corrected chi connectivity index (χ2v) is 4.56. The third kappa shape index (κ3) is 5.44. The van der Waals surface area contributed by atoms with Crippen LogP contribution in [0.1, 0.15) is 19.8 Å². The number of rotatable bonds is 8. The van der Waals surface area contributed by atoms with Crippen molar-refractivity contribution in [1.29, 1.82) is 0 Å². The molecule has 0 aromatic heterocycles. The lowest BCUT2D eigenvalue weighted by Crippen LogP contribution is -2.22. The summed E-state index contributed by atoms with van der Waals surface area (Å²) in [7, 11) is 0. The third-order valence-corrected chi connectivity index (χ3v) is 2.83. The Bertz CT molecular complexity index is 495. The highest BCUT2D eigenvalue weighted by Gasteiger charge is 2.09. The molecule has 0 aliphatic rings. The highest BCUT2D eigenvalue weighted by molar-refractivity contribution is 5.74. The highest BCUT2D eigenvalue weighted by atomic mass is 16.8. The molecule has 0 amide bonds. The topological polar surface area (TPSA) is 158 Å². The van der Waals surface area contributed by atoms with Crippen LogP contribution in [-0.2, 0) is 0 Å². The second kappa shape index (κ2) is 8.48. The maximum absolute atomic E-state index is 10.6. The number of benzene rings is 1. The molecule has 0 saturated heterocycles. The summed E-state index contributed by atoms with van der Waals surface area (Å²) in [6.45, 7) is 1.47. The van der Waals surface area contributed by atoms with Crippen LogP contribution in [0, 0.1) is 10.4 Å². The van der Waals surface area contributed by atoms with Crippen LogP contribution in [0.2, 0.25) is 0 Å². The average molecular weight is 314 g/mol. The highest BCUT2D eigenvalue weighted by Crippen LogP contribution is 2.29. The van der Waals surface area contributed by atoms with E-state index < -0.39 is 17.4 Å². The largest absolute Gasteiger partial charge is 0.769 e. The molecule has 2 atom stereocenters. The molecule has 1 rings (SSSR count). The van der Waals surface area contributed by atoms with Crippen molar-refractivity contribution in [3.05, 3.63) is 28.6 Å². The molecule has 0 spiro atoms. The van der Waals surface area contributed by atoms with E-state index in [4.69, 9.17) is 15.5 Å². The number of nitrogens with zero attached hydrogens (tertiary/aromatic N) is 3. The molecule has 124 valence electrons. The lowest BCUT2D eigenvalue weighted by molar-refractivity contribution is 0.0277. The number of hydrogen-bond acceptors (Lipinski definition) is 10. The first-order valence-electron chi connectivity index (χ1n) is 6.43. The van der Waals surface area contributed by atoms with E-state index in [2.05, 4.69) is 10.5 Å². The summed E-state index contributed by atoms with van der Waals surface area (Å²) in [6, 6.07) is 3.42. The Kier molecular flexibility index (Phi) is 6.98. The summed E-state index contributed by atoms with van der Waals surface area (Å²) < 4.78 is 0. The zero-order chi connectivity index (χ0) is 16.7. The first-order chi connectivity index (χ1) is 10.3. The maximum Gasteiger partial charge on any atom is 0.121 e. The molecule has 0 aliphatic heterocycles. The minimum atomic E-state index is -0.855. The Labute approximate surface area is 126 Å². The number of aliphatic hydroxyl groups excluding tert-OH is 2. The van der Waals surface area contributed by atoms with Gasteiger partial charge < -0.3 is 25.9 Å². The monoisotopic (exact) mass is 314 g/mol. The summed E-state index contributed by atoms with van der Waals surface area (Å²) >= 11 is 0. The first kappa shape index (κ1) is 18.1. The molecule has 0 unspecified atom stereocenters. The molecular formula is C12H18N4O6-2. The van der Waals surface area contributed by atoms with Gasteiger partial charge in [0, 0.05) is 11.9 Å². The summed E-state index contributed by atoms with van der Waals surface area (Å²) in [4.78, 5) is 0. The lowest BCUT2D eigenvalue weighted by atomic mass is 10.1. The molecule has 0 bridgehead atoms. The Balaban J connectivity index is 2.65. The average Bonchev–Trinajstić information content (AvgIpc) is 2.46. The van der Waals surface area contributed by atoms with E-state index in [-0.39, 0.29) is 22.3 Å². The van der Waals surface area contributed by atoms with E-state index in [1.807, 2.05) is 0 Å². The van der Waals surface area contributed by atoms with Gasteiger partial charge in [-0.3, -0.25) is 15.8 Å². The van der Waals surface area contributed by atoms with Crippen molar-refractivity contribution in [1.82, 2.24) is 0 Å². The van der Waals surface area contributed by atoms with Crippen molar-refractivity contribution in [2.75, 3.05) is 15.9 Å². The van der Waals surface area contributed by atoms with E-state index >= 15 is 0 Å². The van der Waals surface area contributed by atoms with Crippen LogP contribution in [0.15, 0.2) is 23.3 Å². The van der Waals surface area contributed by atoms with Gasteiger partial charge in [0.15, 0.2) is 0 Å². The maximum atomic E-state index is 10.6. The molecule has 0 saturated carbocycles. The molecule has 0 aliphatic carbocycles. The summed E-state index contributed by atoms with van der Waals surface area (Å²) in [5, 5.41) is 60.7. The molecule has 5 N–H and O–H groups in total. The van der Waals surface area contributed by atoms with Crippen molar-refractivity contribution in [3.63, 3.8) is 0 Å². The van der Waals surface area contributed by atoms with Crippen LogP contribution in [0.25, 0.3) is 0 Å². The zero-order valence-corrected chi connectivity index (χ0v) is 11.8. The van der Waals surface area contributed by atoms with Crippen molar-refractivity contribution in [2.24, 2.45) is 5.10 Å². The number of aliphatic hydroxyl groups is 2. The molecule has 1 aromatic rings. The number of hydrogen-bond donors (Lipinski definition) is 5. The normalized spacial score (nSPS) is 14.0. The van der Waals surface area contributed by atoms with Gasteiger partial charge in [0.05, 0.1) is 17.9 Å². The van der Waals surface area contributed by atoms with Gasteiger partial charge in [0.25, 0.3) is 0 Å². The molecule has 1 aromatic carbocycles. The predicted octanol–water partition coefficient (Wildman–Crippen LogP) is 0.993. The van der Waals surface area contributed by atoms with Gasteiger partial charge in [-0.05, 0) is 38.0 Å². The number of nitrogens with one attached hydrogen (secondary N) is 1. The number of anilines is 3. The number of hydrazone groups is 1. The molecule has 22 heavy (non-hydrogen) atoms. The summed E-state index contributed by atoms with van der Waals surface area (Å²) in [5.74, 6) is 0. The van der Waals surface area contributed by atoms with Gasteiger partial charge in [-0.1, -0.05) is 0 Å². The Morgan fingerprint density at radius 1 is 1.32 bits per heavy atom. The zero-order valence-electron chi connectivity index (χ0n) is 11.8. The van der Waals surface area contributed by atoms with Gasteiger partial charge in [0.1, 0.15) is 5.69 Å². The van der Waals surface area contributed by atoms with Crippen molar-refractivity contribution < 1.29 is 20.6 Å². The first-order valence-corrected chi connectivity index (χ1v) is 6.43. The van der Waals surface area contributed by atoms with E-state index in [0.717, 1.165) is 6.07 Å². The van der Waals surface area contributed by atoms with Crippen LogP contribution >= 0.6 is 0 Å². The third-order valence-electron chi connectivity index (χ3n) is 2.83. The molecule has 0 radical (unpaired) electrons. The van der Waals surface area contributed by atoms with E-state index in [1.165, 1.54) is 25.3 Å². The van der Waals surface area contributed by atoms with Gasteiger partial charge in [-0.15, -0.1) is 5.23 Å². The van der Waals surface area contributed by atoms with E-state index in [1.54, 1.807) is 0 Å². The molecule has 10 nitrogen and oxygen atoms in total. The van der Waals surface area contributed by atoms with Crippen LogP contribution < -0.4 is 15.9 Å². The summed E-state index contributed by atoms with van der Waals surface area (Å²) in [5.41, 5.74) is 2.10. The lowest BCUT2D eigenvalue weighted by Gasteiger charge is -2.37. The van der Waals surface area contributed by atoms with Gasteiger partial charge >= 0.3 is 0 Å². The molecule has 0 fully saturated rings. The minimum Gasteiger partial charge on any atom is -0.769 e. The van der Waals surface area contributed by atoms with Crippen molar-refractivity contribution in [3.8, 4) is 0 Å². The van der Waals surface area contributed by atoms with Crippen LogP contribution in [-0.4, -0.2) is 39.1 Å². The van der Waals surface area contributed by atoms with Crippen LogP contribution in [0.4, 0.5) is 17.1 Å². The Hall–Kier alpha value is -1.95. The molecular weight excluding hydrogens is 296 g/mol. The van der Waals surface area contributed by atoms with Crippen LogP contribution in [0.5, 0.6) is 0 Å². The fraction of sp³-hybridized carbons (Fsp3) is 0.417. The predicted molar refractivity (Wildman–Crippen MR) is 80.7 cm³/mol. The SMILES string of the molecule is C[C@H](O)[C@@H](O)CCC=NNc1ccc(N([O-])[O-])cc1N(O)O. The fourth-order valence-electron chi connectivity index (χ4n) is 1.56. The fourth-order valence-corrected chi connectivity index (χ4v) is 1.56. The van der Waals surface area contributed by atoms with Crippen LogP contribution in [0.3, 0.4) is 0 Å². The molecule has 10 heteroatoms. The van der Waals surface area contributed by atoms with Crippen molar-refractivity contribution in [2.45, 2.75) is 32.0 Å². The van der Waals surface area contributed by atoms with Gasteiger partial charge in [-0.2, -0.15) is 5.10 Å². The van der Waals surface area contributed by atoms with E-state index in [9.17, 15) is 15.5 Å². The van der Waals surface area contributed by atoms with E-state index in [0.29, 0.717) is 12.8 Å². The standard InChI is InChI=1S/C12H18N4O6/c1-8(17)12(18)3-2-6-13-14-10-5-4-9(15(19)20)7-11(10)16(21)22/h4-8,12,14,17-18,21-22H,2-3H2,1H3/q-2/t8-,12-/m0/s1.